The van der Waals surface area contributed by atoms with Crippen LogP contribution in [0.4, 0.5) is 10.4 Å². The normalized spacial score (nSPS) is 10.8. The van der Waals surface area contributed by atoms with Crippen molar-refractivity contribution >= 4 is 22.8 Å². The van der Waals surface area contributed by atoms with E-state index in [9.17, 15) is 9.18 Å². The van der Waals surface area contributed by atoms with Crippen molar-refractivity contribution in [2.75, 3.05) is 5.43 Å². The summed E-state index contributed by atoms with van der Waals surface area (Å²) in [5.41, 5.74) is 8.20. The molecule has 0 spiro atoms. The summed E-state index contributed by atoms with van der Waals surface area (Å²) in [6.07, 6.45) is 3.24. The van der Waals surface area contributed by atoms with E-state index in [4.69, 9.17) is 4.52 Å². The smallest absolute Gasteiger partial charge is 0.313 e. The van der Waals surface area contributed by atoms with Crippen LogP contribution in [0.5, 0.6) is 0 Å². The largest absolute Gasteiger partial charge is 0.340 e. The average molecular weight is 426 g/mol. The molecule has 5 aromatic rings. The molecule has 2 N–H and O–H groups in total. The minimum atomic E-state index is -0.421. The molecule has 0 aliphatic rings. The highest BCUT2D eigenvalue weighted by Crippen LogP contribution is 2.25. The molecule has 3 aromatic heterocycles. The Bertz CT molecular complexity index is 1400. The summed E-state index contributed by atoms with van der Waals surface area (Å²) < 4.78 is 18.5. The Kier molecular flexibility index (Phi) is 4.97. The molecule has 3 heterocycles. The van der Waals surface area contributed by atoms with E-state index in [1.54, 1.807) is 48.8 Å². The number of nitrogens with one attached hydrogen (secondary N) is 2. The molecular formula is C23H15FN6O2. The van der Waals surface area contributed by atoms with Gasteiger partial charge in [-0.15, -0.1) is 0 Å². The fourth-order valence-electron chi connectivity index (χ4n) is 3.20. The van der Waals surface area contributed by atoms with Gasteiger partial charge in [-0.05, 0) is 48.5 Å². The zero-order valence-corrected chi connectivity index (χ0v) is 16.5. The molecule has 0 bridgehead atoms. The number of amides is 1. The van der Waals surface area contributed by atoms with Gasteiger partial charge in [-0.25, -0.2) is 14.8 Å². The number of fused-ring (bicyclic) bond motifs is 1. The third-order valence-electron chi connectivity index (χ3n) is 4.75. The second kappa shape index (κ2) is 8.23. The average Bonchev–Trinajstić information content (AvgIpc) is 3.32. The molecule has 0 saturated heterocycles. The fourth-order valence-corrected chi connectivity index (χ4v) is 3.20. The lowest BCUT2D eigenvalue weighted by molar-refractivity contribution is 0.0962. The number of rotatable bonds is 5. The summed E-state index contributed by atoms with van der Waals surface area (Å²) in [6, 6.07) is 18.4. The van der Waals surface area contributed by atoms with Gasteiger partial charge in [-0.3, -0.25) is 15.2 Å². The highest BCUT2D eigenvalue weighted by Gasteiger charge is 2.15. The SMILES string of the molecule is O=C(NNc1nc(-c2ccncc2)no1)c1cc(-c2ccc(F)cc2)nc2ccccc12. The van der Waals surface area contributed by atoms with E-state index in [2.05, 4.69) is 31.0 Å². The highest BCUT2D eigenvalue weighted by molar-refractivity contribution is 6.07. The molecule has 0 fully saturated rings. The van der Waals surface area contributed by atoms with Gasteiger partial charge < -0.3 is 4.52 Å². The standard InChI is InChI=1S/C23H15FN6O2/c24-16-7-5-14(6-8-16)20-13-18(17-3-1-2-4-19(17)26-20)22(31)28-29-23-27-21(30-32-23)15-9-11-25-12-10-15/h1-13H,(H,28,31)(H,27,29,30). The maximum Gasteiger partial charge on any atom is 0.340 e. The Morgan fingerprint density at radius 3 is 2.50 bits per heavy atom. The number of halogens is 1. The first kappa shape index (κ1) is 19.3. The number of carbonyl (C=O) groups is 1. The van der Waals surface area contributed by atoms with Crippen LogP contribution in [0.15, 0.2) is 83.6 Å². The molecule has 8 nitrogen and oxygen atoms in total. The van der Waals surface area contributed by atoms with E-state index in [0.717, 1.165) is 5.56 Å². The van der Waals surface area contributed by atoms with Crippen molar-refractivity contribution < 1.29 is 13.7 Å². The second-order valence-corrected chi connectivity index (χ2v) is 6.82. The van der Waals surface area contributed by atoms with Crippen LogP contribution < -0.4 is 10.9 Å². The van der Waals surface area contributed by atoms with Crippen LogP contribution in [0.1, 0.15) is 10.4 Å². The third-order valence-corrected chi connectivity index (χ3v) is 4.75. The van der Waals surface area contributed by atoms with Gasteiger partial charge in [0.2, 0.25) is 5.82 Å². The van der Waals surface area contributed by atoms with E-state index >= 15 is 0 Å². The quantitative estimate of drug-likeness (QED) is 0.405. The van der Waals surface area contributed by atoms with Gasteiger partial charge in [-0.1, -0.05) is 23.4 Å². The van der Waals surface area contributed by atoms with Crippen molar-refractivity contribution in [1.29, 1.82) is 0 Å². The molecule has 0 saturated carbocycles. The zero-order valence-electron chi connectivity index (χ0n) is 16.5. The molecule has 156 valence electrons. The number of hydrogen-bond acceptors (Lipinski definition) is 7. The van der Waals surface area contributed by atoms with Crippen molar-refractivity contribution in [3.8, 4) is 22.6 Å². The first-order valence-corrected chi connectivity index (χ1v) is 9.63. The lowest BCUT2D eigenvalue weighted by Gasteiger charge is -2.10. The Balaban J connectivity index is 1.42. The van der Waals surface area contributed by atoms with Crippen molar-refractivity contribution in [3.63, 3.8) is 0 Å². The van der Waals surface area contributed by atoms with Crippen molar-refractivity contribution in [2.24, 2.45) is 0 Å². The van der Waals surface area contributed by atoms with Crippen molar-refractivity contribution in [1.82, 2.24) is 25.5 Å². The Hall–Kier alpha value is -4.66. The van der Waals surface area contributed by atoms with Gasteiger partial charge >= 0.3 is 6.01 Å². The van der Waals surface area contributed by atoms with E-state index in [-0.39, 0.29) is 11.8 Å². The van der Waals surface area contributed by atoms with Gasteiger partial charge in [0.15, 0.2) is 0 Å². The number of hydrogen-bond donors (Lipinski definition) is 2. The van der Waals surface area contributed by atoms with Gasteiger partial charge in [0.05, 0.1) is 16.8 Å². The van der Waals surface area contributed by atoms with Crippen LogP contribution in [0, 0.1) is 5.82 Å². The molecule has 0 radical (unpaired) electrons. The van der Waals surface area contributed by atoms with Gasteiger partial charge in [0, 0.05) is 28.9 Å². The molecule has 32 heavy (non-hydrogen) atoms. The molecule has 0 aliphatic heterocycles. The minimum Gasteiger partial charge on any atom is -0.313 e. The number of nitrogens with zero attached hydrogens (tertiary/aromatic N) is 4. The number of para-hydroxylation sites is 1. The first-order valence-electron chi connectivity index (χ1n) is 9.63. The minimum absolute atomic E-state index is 0.0299. The predicted octanol–water partition coefficient (Wildman–Crippen LogP) is 4.24. The van der Waals surface area contributed by atoms with Crippen LogP contribution in [0.2, 0.25) is 0 Å². The molecule has 2 aromatic carbocycles. The molecule has 0 aliphatic carbocycles. The van der Waals surface area contributed by atoms with E-state index in [1.165, 1.54) is 12.1 Å². The summed E-state index contributed by atoms with van der Waals surface area (Å²) in [6.45, 7) is 0. The number of hydrazine groups is 1. The molecule has 0 unspecified atom stereocenters. The van der Waals surface area contributed by atoms with E-state index < -0.39 is 5.91 Å². The molecule has 1 amide bonds. The van der Waals surface area contributed by atoms with Crippen LogP contribution in [0.3, 0.4) is 0 Å². The monoisotopic (exact) mass is 426 g/mol. The van der Waals surface area contributed by atoms with Gasteiger partial charge in [-0.2, -0.15) is 4.98 Å². The number of aromatic nitrogens is 4. The van der Waals surface area contributed by atoms with Crippen LogP contribution in [-0.2, 0) is 0 Å². The first-order chi connectivity index (χ1) is 15.7. The summed E-state index contributed by atoms with van der Waals surface area (Å²) in [7, 11) is 0. The number of anilines is 1. The summed E-state index contributed by atoms with van der Waals surface area (Å²) in [5, 5.41) is 4.55. The van der Waals surface area contributed by atoms with Crippen molar-refractivity contribution in [3.05, 3.63) is 90.5 Å². The topological polar surface area (TPSA) is 106 Å². The molecule has 0 atom stereocenters. The molecule has 9 heteroatoms. The second-order valence-electron chi connectivity index (χ2n) is 6.82. The van der Waals surface area contributed by atoms with Gasteiger partial charge in [0.1, 0.15) is 5.82 Å². The lowest BCUT2D eigenvalue weighted by atomic mass is 10.0. The van der Waals surface area contributed by atoms with E-state index in [0.29, 0.717) is 33.5 Å². The van der Waals surface area contributed by atoms with Crippen LogP contribution >= 0.6 is 0 Å². The Morgan fingerprint density at radius 1 is 0.906 bits per heavy atom. The zero-order chi connectivity index (χ0) is 21.9. The number of carbonyl (C=O) groups excluding carboxylic acids is 1. The number of benzene rings is 2. The Morgan fingerprint density at radius 2 is 1.69 bits per heavy atom. The molecule has 5 rings (SSSR count). The fraction of sp³-hybridized carbons (Fsp3) is 0. The van der Waals surface area contributed by atoms with Crippen molar-refractivity contribution in [2.45, 2.75) is 0 Å². The Labute approximate surface area is 181 Å². The predicted molar refractivity (Wildman–Crippen MR) is 116 cm³/mol. The number of pyridine rings is 2. The van der Waals surface area contributed by atoms with Crippen LogP contribution in [0.25, 0.3) is 33.5 Å². The summed E-state index contributed by atoms with van der Waals surface area (Å²) >= 11 is 0. The highest BCUT2D eigenvalue weighted by atomic mass is 19.1. The molecular weight excluding hydrogens is 411 g/mol. The van der Waals surface area contributed by atoms with Crippen LogP contribution in [-0.4, -0.2) is 26.0 Å². The lowest BCUT2D eigenvalue weighted by Crippen LogP contribution is -2.29. The maximum atomic E-state index is 13.3. The van der Waals surface area contributed by atoms with Gasteiger partial charge in [0.25, 0.3) is 5.91 Å². The summed E-state index contributed by atoms with van der Waals surface area (Å²) in [5.74, 6) is -0.407. The maximum absolute atomic E-state index is 13.3. The third kappa shape index (κ3) is 3.86. The van der Waals surface area contributed by atoms with E-state index in [1.807, 2.05) is 18.2 Å². The summed E-state index contributed by atoms with van der Waals surface area (Å²) in [4.78, 5) is 25.7.